The first-order valence-electron chi connectivity index (χ1n) is 7.26. The van der Waals surface area contributed by atoms with Crippen molar-refractivity contribution in [3.8, 4) is 11.4 Å². The summed E-state index contributed by atoms with van der Waals surface area (Å²) in [6.07, 6.45) is 0. The highest BCUT2D eigenvalue weighted by atomic mass is 16.5. The average Bonchev–Trinajstić information content (AvgIpc) is 2.91. The quantitative estimate of drug-likeness (QED) is 0.826. The van der Waals surface area contributed by atoms with E-state index in [-0.39, 0.29) is 6.04 Å². The van der Waals surface area contributed by atoms with Crippen molar-refractivity contribution < 1.29 is 4.74 Å². The van der Waals surface area contributed by atoms with Crippen LogP contribution in [0.4, 0.5) is 5.69 Å². The summed E-state index contributed by atoms with van der Waals surface area (Å²) in [5, 5.41) is 12.2. The lowest BCUT2D eigenvalue weighted by Gasteiger charge is -2.21. The van der Waals surface area contributed by atoms with Crippen LogP contribution >= 0.6 is 0 Å². The Balaban J connectivity index is 2.38. The van der Waals surface area contributed by atoms with Gasteiger partial charge in [-0.3, -0.25) is 0 Å². The third-order valence-electron chi connectivity index (χ3n) is 3.60. The lowest BCUT2D eigenvalue weighted by molar-refractivity contribution is 0.0913. The van der Waals surface area contributed by atoms with Gasteiger partial charge in [-0.05, 0) is 54.0 Å². The predicted molar refractivity (Wildman–Crippen MR) is 82.8 cm³/mol. The van der Waals surface area contributed by atoms with E-state index in [1.165, 1.54) is 0 Å². The molecule has 1 atom stereocenters. The molecule has 1 unspecified atom stereocenters. The molecule has 0 saturated heterocycles. The van der Waals surface area contributed by atoms with Crippen molar-refractivity contribution in [3.05, 3.63) is 23.8 Å². The molecule has 0 aliphatic heterocycles. The van der Waals surface area contributed by atoms with Gasteiger partial charge in [-0.1, -0.05) is 13.8 Å². The van der Waals surface area contributed by atoms with Crippen LogP contribution in [0.15, 0.2) is 18.2 Å². The highest BCUT2D eigenvalue weighted by Crippen LogP contribution is 2.26. The number of nitrogens with two attached hydrogens (primary N) is 1. The van der Waals surface area contributed by atoms with Crippen LogP contribution in [-0.4, -0.2) is 33.4 Å². The van der Waals surface area contributed by atoms with E-state index in [0.29, 0.717) is 19.1 Å². The largest absolute Gasteiger partial charge is 0.399 e. The molecule has 21 heavy (non-hydrogen) atoms. The van der Waals surface area contributed by atoms with E-state index in [2.05, 4.69) is 29.4 Å². The number of ether oxygens (including phenoxy) is 1. The minimum absolute atomic E-state index is 0.104. The summed E-state index contributed by atoms with van der Waals surface area (Å²) in [7, 11) is 0. The lowest BCUT2D eigenvalue weighted by atomic mass is 10.0. The number of benzene rings is 1. The van der Waals surface area contributed by atoms with Gasteiger partial charge in [0, 0.05) is 17.9 Å². The zero-order chi connectivity index (χ0) is 15.4. The number of nitrogen functional groups attached to an aromatic ring is 1. The SMILES string of the molecule is CCOCC(C(C)C)n1nnnc1-c1ccc(N)c(C)c1. The van der Waals surface area contributed by atoms with Crippen molar-refractivity contribution in [2.45, 2.75) is 33.7 Å². The topological polar surface area (TPSA) is 78.8 Å². The molecule has 1 aromatic heterocycles. The Labute approximate surface area is 125 Å². The van der Waals surface area contributed by atoms with E-state index in [1.807, 2.05) is 36.7 Å². The highest BCUT2D eigenvalue weighted by Gasteiger charge is 2.22. The van der Waals surface area contributed by atoms with Crippen molar-refractivity contribution in [1.82, 2.24) is 20.2 Å². The summed E-state index contributed by atoms with van der Waals surface area (Å²) in [6.45, 7) is 9.53. The van der Waals surface area contributed by atoms with Crippen LogP contribution in [0.1, 0.15) is 32.4 Å². The van der Waals surface area contributed by atoms with Crippen LogP contribution in [0, 0.1) is 12.8 Å². The van der Waals surface area contributed by atoms with Crippen LogP contribution in [0.25, 0.3) is 11.4 Å². The molecule has 6 nitrogen and oxygen atoms in total. The molecule has 0 radical (unpaired) electrons. The molecule has 2 aromatic rings. The molecule has 0 aliphatic rings. The van der Waals surface area contributed by atoms with Crippen molar-refractivity contribution >= 4 is 5.69 Å². The minimum Gasteiger partial charge on any atom is -0.399 e. The van der Waals surface area contributed by atoms with Gasteiger partial charge >= 0.3 is 0 Å². The number of rotatable bonds is 6. The maximum absolute atomic E-state index is 5.88. The molecule has 0 amide bonds. The van der Waals surface area contributed by atoms with E-state index in [0.717, 1.165) is 22.6 Å². The molecule has 6 heteroatoms. The van der Waals surface area contributed by atoms with Gasteiger partial charge in [0.15, 0.2) is 5.82 Å². The lowest BCUT2D eigenvalue weighted by Crippen LogP contribution is -2.23. The summed E-state index contributed by atoms with van der Waals surface area (Å²) in [5.74, 6) is 1.12. The Kier molecular flexibility index (Phi) is 4.90. The molecular formula is C15H23N5O. The Bertz CT molecular complexity index is 593. The standard InChI is InChI=1S/C15H23N5O/c1-5-21-9-14(10(2)3)20-15(17-18-19-20)12-6-7-13(16)11(4)8-12/h6-8,10,14H,5,9,16H2,1-4H3. The zero-order valence-electron chi connectivity index (χ0n) is 13.1. The fourth-order valence-corrected chi connectivity index (χ4v) is 2.21. The average molecular weight is 289 g/mol. The monoisotopic (exact) mass is 289 g/mol. The number of aryl methyl sites for hydroxylation is 1. The first-order chi connectivity index (χ1) is 10.0. The Morgan fingerprint density at radius 2 is 2.10 bits per heavy atom. The smallest absolute Gasteiger partial charge is 0.182 e. The second kappa shape index (κ2) is 6.67. The van der Waals surface area contributed by atoms with Crippen molar-refractivity contribution in [1.29, 1.82) is 0 Å². The molecule has 2 N–H and O–H groups in total. The maximum Gasteiger partial charge on any atom is 0.182 e. The minimum atomic E-state index is 0.104. The van der Waals surface area contributed by atoms with E-state index in [4.69, 9.17) is 10.5 Å². The summed E-state index contributed by atoms with van der Waals surface area (Å²) < 4.78 is 7.43. The van der Waals surface area contributed by atoms with Gasteiger partial charge in [-0.15, -0.1) is 5.10 Å². The van der Waals surface area contributed by atoms with E-state index < -0.39 is 0 Å². The summed E-state index contributed by atoms with van der Waals surface area (Å²) in [4.78, 5) is 0. The number of hydrogen-bond acceptors (Lipinski definition) is 5. The fraction of sp³-hybridized carbons (Fsp3) is 0.533. The Morgan fingerprint density at radius 3 is 2.71 bits per heavy atom. The Hall–Kier alpha value is -1.95. The summed E-state index contributed by atoms with van der Waals surface area (Å²) >= 11 is 0. The molecule has 0 fully saturated rings. The molecule has 0 spiro atoms. The van der Waals surface area contributed by atoms with Gasteiger partial charge in [-0.25, -0.2) is 4.68 Å². The third-order valence-corrected chi connectivity index (χ3v) is 3.60. The second-order valence-electron chi connectivity index (χ2n) is 5.49. The van der Waals surface area contributed by atoms with Gasteiger partial charge in [0.2, 0.25) is 0 Å². The fourth-order valence-electron chi connectivity index (χ4n) is 2.21. The van der Waals surface area contributed by atoms with Gasteiger partial charge in [0.25, 0.3) is 0 Å². The molecule has 1 aromatic carbocycles. The zero-order valence-corrected chi connectivity index (χ0v) is 13.1. The Morgan fingerprint density at radius 1 is 1.33 bits per heavy atom. The van der Waals surface area contributed by atoms with E-state index in [1.54, 1.807) is 0 Å². The van der Waals surface area contributed by atoms with Crippen molar-refractivity contribution in [2.75, 3.05) is 18.9 Å². The molecule has 2 rings (SSSR count). The van der Waals surface area contributed by atoms with Crippen molar-refractivity contribution in [3.63, 3.8) is 0 Å². The van der Waals surface area contributed by atoms with Crippen LogP contribution in [0.2, 0.25) is 0 Å². The van der Waals surface area contributed by atoms with Crippen molar-refractivity contribution in [2.24, 2.45) is 5.92 Å². The molecule has 114 valence electrons. The summed E-state index contributed by atoms with van der Waals surface area (Å²) in [5.41, 5.74) is 8.63. The van der Waals surface area contributed by atoms with Crippen LogP contribution < -0.4 is 5.73 Å². The van der Waals surface area contributed by atoms with E-state index in [9.17, 15) is 0 Å². The predicted octanol–water partition coefficient (Wildman–Crippen LogP) is 2.46. The molecule has 1 heterocycles. The molecule has 0 aliphatic carbocycles. The molecular weight excluding hydrogens is 266 g/mol. The van der Waals surface area contributed by atoms with Gasteiger partial charge < -0.3 is 10.5 Å². The van der Waals surface area contributed by atoms with Gasteiger partial charge in [0.1, 0.15) is 0 Å². The molecule has 0 saturated carbocycles. The number of anilines is 1. The van der Waals surface area contributed by atoms with Crippen LogP contribution in [-0.2, 0) is 4.74 Å². The summed E-state index contributed by atoms with van der Waals surface area (Å²) in [6, 6.07) is 5.95. The van der Waals surface area contributed by atoms with E-state index >= 15 is 0 Å². The van der Waals surface area contributed by atoms with Crippen LogP contribution in [0.5, 0.6) is 0 Å². The second-order valence-corrected chi connectivity index (χ2v) is 5.49. The number of nitrogens with zero attached hydrogens (tertiary/aromatic N) is 4. The normalized spacial score (nSPS) is 12.8. The maximum atomic E-state index is 5.88. The first-order valence-corrected chi connectivity index (χ1v) is 7.26. The van der Waals surface area contributed by atoms with Crippen LogP contribution in [0.3, 0.4) is 0 Å². The third kappa shape index (κ3) is 3.39. The van der Waals surface area contributed by atoms with Gasteiger partial charge in [0.05, 0.1) is 12.6 Å². The number of hydrogen-bond donors (Lipinski definition) is 1. The first kappa shape index (κ1) is 15.4. The number of tetrazole rings is 1. The molecule has 0 bridgehead atoms. The van der Waals surface area contributed by atoms with Gasteiger partial charge in [-0.2, -0.15) is 0 Å². The number of aromatic nitrogens is 4. The highest BCUT2D eigenvalue weighted by molar-refractivity contribution is 5.61.